The Morgan fingerprint density at radius 3 is 2.30 bits per heavy atom. The van der Waals surface area contributed by atoms with Gasteiger partial charge in [0.15, 0.2) is 6.61 Å². The highest BCUT2D eigenvalue weighted by atomic mass is 79.9. The predicted octanol–water partition coefficient (Wildman–Crippen LogP) is 4.40. The van der Waals surface area contributed by atoms with Crippen LogP contribution in [0.5, 0.6) is 17.4 Å². The van der Waals surface area contributed by atoms with Crippen molar-refractivity contribution in [3.8, 4) is 17.4 Å². The van der Waals surface area contributed by atoms with Gasteiger partial charge in [-0.2, -0.15) is 0 Å². The van der Waals surface area contributed by atoms with E-state index in [4.69, 9.17) is 9.47 Å². The summed E-state index contributed by atoms with van der Waals surface area (Å²) in [5.41, 5.74) is 0.996. The quantitative estimate of drug-likeness (QED) is 0.510. The standard InChI is InChI=1S/C22H20BrN3O4/c1-2-24-20(27)14-29-18-10-6-17(7-11-18)26-22(28)15-3-12-21(25-13-15)30-19-8-4-16(23)5-9-19/h3-13H,2,14H2,1H3,(H,24,27)(H,26,28). The molecule has 0 bridgehead atoms. The van der Waals surface area contributed by atoms with Crippen LogP contribution in [0.1, 0.15) is 17.3 Å². The minimum atomic E-state index is -0.298. The number of carbonyl (C=O) groups is 2. The summed E-state index contributed by atoms with van der Waals surface area (Å²) in [6.45, 7) is 2.34. The second kappa shape index (κ2) is 10.4. The van der Waals surface area contributed by atoms with E-state index in [1.54, 1.807) is 36.4 Å². The Morgan fingerprint density at radius 2 is 1.67 bits per heavy atom. The maximum absolute atomic E-state index is 12.4. The van der Waals surface area contributed by atoms with Gasteiger partial charge in [-0.3, -0.25) is 9.59 Å². The number of pyridine rings is 1. The Hall–Kier alpha value is -3.39. The monoisotopic (exact) mass is 469 g/mol. The maximum atomic E-state index is 12.4. The molecule has 7 nitrogen and oxygen atoms in total. The van der Waals surface area contributed by atoms with Gasteiger partial charge in [0.2, 0.25) is 5.88 Å². The molecule has 0 aliphatic heterocycles. The lowest BCUT2D eigenvalue weighted by atomic mass is 10.2. The number of hydrogen-bond donors (Lipinski definition) is 2. The van der Waals surface area contributed by atoms with Crippen LogP contribution in [0.15, 0.2) is 71.3 Å². The normalized spacial score (nSPS) is 10.2. The predicted molar refractivity (Wildman–Crippen MR) is 117 cm³/mol. The number of aromatic nitrogens is 1. The zero-order chi connectivity index (χ0) is 21.3. The van der Waals surface area contributed by atoms with Gasteiger partial charge >= 0.3 is 0 Å². The van der Waals surface area contributed by atoms with Crippen molar-refractivity contribution in [1.29, 1.82) is 0 Å². The zero-order valence-electron chi connectivity index (χ0n) is 16.2. The molecule has 0 aliphatic rings. The van der Waals surface area contributed by atoms with Crippen LogP contribution in [0.25, 0.3) is 0 Å². The molecule has 1 heterocycles. The van der Waals surface area contributed by atoms with Crippen molar-refractivity contribution in [3.63, 3.8) is 0 Å². The molecule has 0 saturated carbocycles. The zero-order valence-corrected chi connectivity index (χ0v) is 17.8. The molecule has 2 aromatic carbocycles. The Kier molecular flexibility index (Phi) is 7.40. The molecule has 0 saturated heterocycles. The van der Waals surface area contributed by atoms with Crippen molar-refractivity contribution in [2.45, 2.75) is 6.92 Å². The van der Waals surface area contributed by atoms with Gasteiger partial charge in [-0.1, -0.05) is 15.9 Å². The van der Waals surface area contributed by atoms with Gasteiger partial charge in [-0.15, -0.1) is 0 Å². The van der Waals surface area contributed by atoms with Crippen LogP contribution in [0.3, 0.4) is 0 Å². The van der Waals surface area contributed by atoms with Gasteiger partial charge in [0.1, 0.15) is 11.5 Å². The molecule has 3 aromatic rings. The lowest BCUT2D eigenvalue weighted by Gasteiger charge is -2.09. The first-order valence-corrected chi connectivity index (χ1v) is 10.0. The van der Waals surface area contributed by atoms with Gasteiger partial charge in [-0.25, -0.2) is 4.98 Å². The maximum Gasteiger partial charge on any atom is 0.257 e. The summed E-state index contributed by atoms with van der Waals surface area (Å²) in [5, 5.41) is 5.44. The number of carbonyl (C=O) groups excluding carboxylic acids is 2. The highest BCUT2D eigenvalue weighted by Gasteiger charge is 2.08. The van der Waals surface area contributed by atoms with E-state index >= 15 is 0 Å². The lowest BCUT2D eigenvalue weighted by Crippen LogP contribution is -2.28. The van der Waals surface area contributed by atoms with Crippen molar-refractivity contribution < 1.29 is 19.1 Å². The highest BCUT2D eigenvalue weighted by Crippen LogP contribution is 2.22. The van der Waals surface area contributed by atoms with Crippen LogP contribution in [0, 0.1) is 0 Å². The molecule has 0 radical (unpaired) electrons. The first-order valence-electron chi connectivity index (χ1n) is 9.24. The Balaban J connectivity index is 1.54. The first kappa shape index (κ1) is 21.3. The van der Waals surface area contributed by atoms with Crippen molar-refractivity contribution in [1.82, 2.24) is 10.3 Å². The molecule has 0 aliphatic carbocycles. The van der Waals surface area contributed by atoms with E-state index in [0.717, 1.165) is 4.47 Å². The Bertz CT molecular complexity index is 990. The van der Waals surface area contributed by atoms with E-state index in [2.05, 4.69) is 31.5 Å². The lowest BCUT2D eigenvalue weighted by molar-refractivity contribution is -0.122. The summed E-state index contributed by atoms with van der Waals surface area (Å²) in [6, 6.07) is 17.4. The Morgan fingerprint density at radius 1 is 0.967 bits per heavy atom. The number of benzene rings is 2. The van der Waals surface area contributed by atoms with Crippen LogP contribution < -0.4 is 20.1 Å². The van der Waals surface area contributed by atoms with Crippen LogP contribution in [0.4, 0.5) is 5.69 Å². The number of hydrogen-bond acceptors (Lipinski definition) is 5. The fourth-order valence-electron chi connectivity index (χ4n) is 2.43. The second-order valence-corrected chi connectivity index (χ2v) is 7.08. The number of nitrogens with one attached hydrogen (secondary N) is 2. The van der Waals surface area contributed by atoms with Gasteiger partial charge < -0.3 is 20.1 Å². The average Bonchev–Trinajstić information content (AvgIpc) is 2.75. The number of ether oxygens (including phenoxy) is 2. The summed E-state index contributed by atoms with van der Waals surface area (Å²) in [4.78, 5) is 28.0. The summed E-state index contributed by atoms with van der Waals surface area (Å²) in [7, 11) is 0. The van der Waals surface area contributed by atoms with E-state index in [9.17, 15) is 9.59 Å². The number of nitrogens with zero attached hydrogens (tertiary/aromatic N) is 1. The summed E-state index contributed by atoms with van der Waals surface area (Å²) in [5.74, 6) is 1.10. The number of anilines is 1. The van der Waals surface area contributed by atoms with E-state index in [-0.39, 0.29) is 18.4 Å². The van der Waals surface area contributed by atoms with Crippen LogP contribution in [-0.2, 0) is 4.79 Å². The fourth-order valence-corrected chi connectivity index (χ4v) is 2.70. The molecule has 8 heteroatoms. The van der Waals surface area contributed by atoms with E-state index in [1.165, 1.54) is 6.20 Å². The minimum Gasteiger partial charge on any atom is -0.484 e. The molecule has 2 amide bonds. The molecule has 0 fully saturated rings. The molecule has 0 atom stereocenters. The third kappa shape index (κ3) is 6.31. The smallest absolute Gasteiger partial charge is 0.257 e. The van der Waals surface area contributed by atoms with Crippen molar-refractivity contribution >= 4 is 33.4 Å². The van der Waals surface area contributed by atoms with Crippen LogP contribution in [-0.4, -0.2) is 29.9 Å². The van der Waals surface area contributed by atoms with E-state index < -0.39 is 0 Å². The van der Waals surface area contributed by atoms with Crippen molar-refractivity contribution in [3.05, 3.63) is 76.9 Å². The largest absolute Gasteiger partial charge is 0.484 e. The number of halogens is 1. The summed E-state index contributed by atoms with van der Waals surface area (Å²) >= 11 is 3.37. The summed E-state index contributed by atoms with van der Waals surface area (Å²) < 4.78 is 12.0. The second-order valence-electron chi connectivity index (χ2n) is 6.16. The van der Waals surface area contributed by atoms with Gasteiger partial charge in [-0.05, 0) is 61.5 Å². The molecule has 30 heavy (non-hydrogen) atoms. The molecule has 0 spiro atoms. The van der Waals surface area contributed by atoms with Gasteiger partial charge in [0.05, 0.1) is 5.56 Å². The molecule has 2 N–H and O–H groups in total. The third-order valence-corrected chi connectivity index (χ3v) is 4.42. The van der Waals surface area contributed by atoms with Crippen molar-refractivity contribution in [2.75, 3.05) is 18.5 Å². The summed E-state index contributed by atoms with van der Waals surface area (Å²) in [6.07, 6.45) is 1.45. The van der Waals surface area contributed by atoms with E-state index in [1.807, 2.05) is 31.2 Å². The SMILES string of the molecule is CCNC(=O)COc1ccc(NC(=O)c2ccc(Oc3ccc(Br)cc3)nc2)cc1. The molecule has 154 valence electrons. The number of amides is 2. The topological polar surface area (TPSA) is 89.6 Å². The fraction of sp³-hybridized carbons (Fsp3) is 0.136. The van der Waals surface area contributed by atoms with E-state index in [0.29, 0.717) is 35.2 Å². The molecule has 0 unspecified atom stereocenters. The minimum absolute atomic E-state index is 0.0557. The van der Waals surface area contributed by atoms with Gasteiger partial charge in [0, 0.05) is 29.0 Å². The molecule has 3 rings (SSSR count). The first-order chi connectivity index (χ1) is 14.5. The highest BCUT2D eigenvalue weighted by molar-refractivity contribution is 9.10. The third-order valence-electron chi connectivity index (χ3n) is 3.89. The van der Waals surface area contributed by atoms with Crippen LogP contribution >= 0.6 is 15.9 Å². The molecular weight excluding hydrogens is 450 g/mol. The van der Waals surface area contributed by atoms with Crippen molar-refractivity contribution in [2.24, 2.45) is 0 Å². The molecular formula is C22H20BrN3O4. The average molecular weight is 470 g/mol. The number of likely N-dealkylation sites (N-methyl/N-ethyl adjacent to an activating group) is 1. The molecule has 1 aromatic heterocycles. The van der Waals surface area contributed by atoms with Crippen LogP contribution in [0.2, 0.25) is 0 Å². The number of rotatable bonds is 8. The Labute approximate surface area is 182 Å². The van der Waals surface area contributed by atoms with Gasteiger partial charge in [0.25, 0.3) is 11.8 Å².